The Hall–Kier alpha value is -0.850. The highest BCUT2D eigenvalue weighted by molar-refractivity contribution is 7.89. The fourth-order valence-electron chi connectivity index (χ4n) is 1.14. The molecule has 1 aromatic rings. The molecule has 0 aromatic carbocycles. The molecule has 0 unspecified atom stereocenters. The van der Waals surface area contributed by atoms with Crippen molar-refractivity contribution in [3.05, 3.63) is 18.5 Å². The first kappa shape index (κ1) is 8.74. The summed E-state index contributed by atoms with van der Waals surface area (Å²) in [5.41, 5.74) is 0. The predicted molar refractivity (Wildman–Crippen MR) is 47.8 cm³/mol. The number of hydrogen-bond donors (Lipinski definition) is 3. The lowest BCUT2D eigenvalue weighted by molar-refractivity contribution is 0.410. The number of aromatic nitrogens is 1. The van der Waals surface area contributed by atoms with E-state index in [4.69, 9.17) is 0 Å². The van der Waals surface area contributed by atoms with Gasteiger partial charge >= 0.3 is 0 Å². The molecule has 6 heteroatoms. The Bertz CT molecular complexity index is 366. The third-order valence-corrected chi connectivity index (χ3v) is 3.50. The van der Waals surface area contributed by atoms with Crippen LogP contribution in [0.4, 0.5) is 0 Å². The Morgan fingerprint density at radius 2 is 2.23 bits per heavy atom. The number of H-pyrrole nitrogens is 1. The number of sulfonamides is 1. The van der Waals surface area contributed by atoms with Crippen molar-refractivity contribution >= 4 is 10.0 Å². The van der Waals surface area contributed by atoms with E-state index in [2.05, 4.69) is 15.0 Å². The SMILES string of the molecule is O=S(=O)(NC1CNC1)c1cc[nH]c1. The smallest absolute Gasteiger partial charge is 0.242 e. The molecule has 72 valence electrons. The Morgan fingerprint density at radius 1 is 1.46 bits per heavy atom. The Kier molecular flexibility index (Phi) is 2.10. The van der Waals surface area contributed by atoms with Gasteiger partial charge in [-0.1, -0.05) is 0 Å². The molecule has 1 aliphatic heterocycles. The van der Waals surface area contributed by atoms with Gasteiger partial charge in [-0.3, -0.25) is 0 Å². The fraction of sp³-hybridized carbons (Fsp3) is 0.429. The van der Waals surface area contributed by atoms with E-state index >= 15 is 0 Å². The molecular formula is C7H11N3O2S. The van der Waals surface area contributed by atoms with E-state index in [1.807, 2.05) is 0 Å². The van der Waals surface area contributed by atoms with Gasteiger partial charge in [-0.2, -0.15) is 0 Å². The summed E-state index contributed by atoms with van der Waals surface area (Å²) in [6, 6.07) is 1.58. The van der Waals surface area contributed by atoms with Gasteiger partial charge in [-0.15, -0.1) is 0 Å². The lowest BCUT2D eigenvalue weighted by atomic mass is 10.2. The molecule has 0 aliphatic carbocycles. The van der Waals surface area contributed by atoms with Crippen molar-refractivity contribution in [3.8, 4) is 0 Å². The zero-order valence-electron chi connectivity index (χ0n) is 6.95. The van der Waals surface area contributed by atoms with Gasteiger partial charge in [-0.25, -0.2) is 13.1 Å². The van der Waals surface area contributed by atoms with Gasteiger partial charge in [0, 0.05) is 31.5 Å². The molecule has 0 bridgehead atoms. The highest BCUT2D eigenvalue weighted by Gasteiger charge is 2.24. The molecule has 13 heavy (non-hydrogen) atoms. The maximum Gasteiger partial charge on any atom is 0.242 e. The summed E-state index contributed by atoms with van der Waals surface area (Å²) < 4.78 is 25.7. The molecule has 1 aliphatic rings. The van der Waals surface area contributed by atoms with Crippen molar-refractivity contribution in [2.75, 3.05) is 13.1 Å². The van der Waals surface area contributed by atoms with E-state index in [0.29, 0.717) is 18.0 Å². The molecular weight excluding hydrogens is 190 g/mol. The quantitative estimate of drug-likeness (QED) is 0.603. The summed E-state index contributed by atoms with van der Waals surface area (Å²) in [6.07, 6.45) is 3.06. The standard InChI is InChI=1S/C7H11N3O2S/c11-13(12,7-1-2-8-5-7)10-6-3-9-4-6/h1-2,5-6,8-10H,3-4H2. The van der Waals surface area contributed by atoms with Crippen LogP contribution in [-0.4, -0.2) is 32.5 Å². The Balaban J connectivity index is 2.12. The average Bonchev–Trinajstić information content (AvgIpc) is 2.49. The Labute approximate surface area is 76.6 Å². The molecule has 5 nitrogen and oxygen atoms in total. The van der Waals surface area contributed by atoms with Crippen molar-refractivity contribution in [3.63, 3.8) is 0 Å². The van der Waals surface area contributed by atoms with Crippen LogP contribution >= 0.6 is 0 Å². The van der Waals surface area contributed by atoms with E-state index in [1.54, 1.807) is 6.20 Å². The lowest BCUT2D eigenvalue weighted by Crippen LogP contribution is -2.56. The van der Waals surface area contributed by atoms with E-state index < -0.39 is 10.0 Å². The van der Waals surface area contributed by atoms with Gasteiger partial charge < -0.3 is 10.3 Å². The molecule has 1 fully saturated rings. The van der Waals surface area contributed by atoms with Crippen LogP contribution < -0.4 is 10.0 Å². The summed E-state index contributed by atoms with van der Waals surface area (Å²) in [4.78, 5) is 3.00. The fourth-order valence-corrected chi connectivity index (χ4v) is 2.35. The first-order chi connectivity index (χ1) is 6.18. The highest BCUT2D eigenvalue weighted by Crippen LogP contribution is 2.07. The van der Waals surface area contributed by atoms with Crippen LogP contribution in [0.15, 0.2) is 23.4 Å². The third-order valence-electron chi connectivity index (χ3n) is 1.98. The third kappa shape index (κ3) is 1.74. The zero-order chi connectivity index (χ0) is 9.31. The highest BCUT2D eigenvalue weighted by atomic mass is 32.2. The number of aromatic amines is 1. The molecule has 1 aromatic heterocycles. The molecule has 2 heterocycles. The van der Waals surface area contributed by atoms with Crippen LogP contribution in [0.1, 0.15) is 0 Å². The molecule has 0 spiro atoms. The summed E-state index contributed by atoms with van der Waals surface area (Å²) in [5, 5.41) is 2.99. The molecule has 0 atom stereocenters. The molecule has 0 saturated carbocycles. The predicted octanol–water partition coefficient (Wildman–Crippen LogP) is -0.735. The first-order valence-corrected chi connectivity index (χ1v) is 5.53. The van der Waals surface area contributed by atoms with Gasteiger partial charge in [0.15, 0.2) is 0 Å². The van der Waals surface area contributed by atoms with E-state index in [1.165, 1.54) is 12.3 Å². The number of nitrogens with one attached hydrogen (secondary N) is 3. The second-order valence-corrected chi connectivity index (χ2v) is 4.74. The van der Waals surface area contributed by atoms with Gasteiger partial charge in [0.2, 0.25) is 10.0 Å². The lowest BCUT2D eigenvalue weighted by Gasteiger charge is -2.27. The largest absolute Gasteiger partial charge is 0.366 e. The minimum atomic E-state index is -3.30. The van der Waals surface area contributed by atoms with Crippen LogP contribution in [0.3, 0.4) is 0 Å². The second-order valence-electron chi connectivity index (χ2n) is 3.02. The van der Waals surface area contributed by atoms with Crippen molar-refractivity contribution in [2.24, 2.45) is 0 Å². The normalized spacial score (nSPS) is 18.5. The van der Waals surface area contributed by atoms with Crippen LogP contribution in [-0.2, 0) is 10.0 Å². The zero-order valence-corrected chi connectivity index (χ0v) is 7.76. The summed E-state index contributed by atoms with van der Waals surface area (Å²) in [7, 11) is -3.30. The molecule has 1 saturated heterocycles. The van der Waals surface area contributed by atoms with E-state index in [-0.39, 0.29) is 6.04 Å². The van der Waals surface area contributed by atoms with Crippen LogP contribution in [0, 0.1) is 0 Å². The summed E-state index contributed by atoms with van der Waals surface area (Å²) in [6.45, 7) is 1.42. The molecule has 0 radical (unpaired) electrons. The number of hydrogen-bond acceptors (Lipinski definition) is 3. The van der Waals surface area contributed by atoms with Crippen LogP contribution in [0.25, 0.3) is 0 Å². The molecule has 3 N–H and O–H groups in total. The maximum atomic E-state index is 11.5. The van der Waals surface area contributed by atoms with Crippen LogP contribution in [0.5, 0.6) is 0 Å². The summed E-state index contributed by atoms with van der Waals surface area (Å²) >= 11 is 0. The van der Waals surface area contributed by atoms with Crippen molar-refractivity contribution < 1.29 is 8.42 Å². The van der Waals surface area contributed by atoms with Gasteiger partial charge in [0.25, 0.3) is 0 Å². The van der Waals surface area contributed by atoms with Gasteiger partial charge in [0.05, 0.1) is 4.90 Å². The van der Waals surface area contributed by atoms with Gasteiger partial charge in [0.1, 0.15) is 0 Å². The van der Waals surface area contributed by atoms with Crippen molar-refractivity contribution in [1.82, 2.24) is 15.0 Å². The summed E-state index contributed by atoms with van der Waals surface area (Å²) in [5.74, 6) is 0. The first-order valence-electron chi connectivity index (χ1n) is 4.04. The average molecular weight is 201 g/mol. The second kappa shape index (κ2) is 3.13. The van der Waals surface area contributed by atoms with Gasteiger partial charge in [-0.05, 0) is 6.07 Å². The Morgan fingerprint density at radius 3 is 2.69 bits per heavy atom. The van der Waals surface area contributed by atoms with E-state index in [0.717, 1.165) is 0 Å². The molecule has 2 rings (SSSR count). The topological polar surface area (TPSA) is 74.0 Å². The molecule has 0 amide bonds. The minimum absolute atomic E-state index is 0.0416. The van der Waals surface area contributed by atoms with Crippen molar-refractivity contribution in [1.29, 1.82) is 0 Å². The van der Waals surface area contributed by atoms with Crippen molar-refractivity contribution in [2.45, 2.75) is 10.9 Å². The van der Waals surface area contributed by atoms with Crippen LogP contribution in [0.2, 0.25) is 0 Å². The number of rotatable bonds is 3. The van der Waals surface area contributed by atoms with E-state index in [9.17, 15) is 8.42 Å². The monoisotopic (exact) mass is 201 g/mol. The maximum absolute atomic E-state index is 11.5. The minimum Gasteiger partial charge on any atom is -0.366 e.